The standard InChI is InChI=1S/C24H29N3O3S/c1-17-7-5-6-10-20(17)26-22(28)21-16-31-23(19-11-13-25-14-12-19)27(21)24(29)30-15-18-8-3-2-4-9-18/h2-4,8-9,11-14,17,20-21,23H,5-7,10,15-16H2,1H3,(H,26,28)/t17?,20-,21?,23?/m0/s1. The van der Waals surface area contributed by atoms with E-state index >= 15 is 0 Å². The maximum absolute atomic E-state index is 13.2. The van der Waals surface area contributed by atoms with Crippen molar-refractivity contribution in [1.82, 2.24) is 15.2 Å². The van der Waals surface area contributed by atoms with Crippen LogP contribution in [0, 0.1) is 5.92 Å². The average Bonchev–Trinajstić information content (AvgIpc) is 3.26. The van der Waals surface area contributed by atoms with E-state index in [2.05, 4.69) is 17.2 Å². The van der Waals surface area contributed by atoms with Gasteiger partial charge in [-0.1, -0.05) is 50.1 Å². The molecule has 2 fully saturated rings. The van der Waals surface area contributed by atoms with Crippen LogP contribution >= 0.6 is 11.8 Å². The van der Waals surface area contributed by atoms with Crippen molar-refractivity contribution < 1.29 is 14.3 Å². The Kier molecular flexibility index (Phi) is 7.12. The number of ether oxygens (including phenoxy) is 1. The van der Waals surface area contributed by atoms with Gasteiger partial charge in [0.15, 0.2) is 0 Å². The third-order valence-electron chi connectivity index (χ3n) is 6.15. The molecule has 2 amide bonds. The maximum Gasteiger partial charge on any atom is 0.412 e. The molecule has 164 valence electrons. The first-order valence-corrected chi connectivity index (χ1v) is 12.0. The predicted molar refractivity (Wildman–Crippen MR) is 121 cm³/mol. The van der Waals surface area contributed by atoms with Crippen LogP contribution in [0.5, 0.6) is 0 Å². The molecule has 0 bridgehead atoms. The van der Waals surface area contributed by atoms with E-state index in [0.29, 0.717) is 11.7 Å². The Morgan fingerprint density at radius 2 is 1.87 bits per heavy atom. The van der Waals surface area contributed by atoms with Gasteiger partial charge in [0.1, 0.15) is 18.0 Å². The van der Waals surface area contributed by atoms with Crippen molar-refractivity contribution in [2.45, 2.75) is 56.7 Å². The number of aromatic nitrogens is 1. The van der Waals surface area contributed by atoms with Crippen LogP contribution in [0.4, 0.5) is 4.79 Å². The monoisotopic (exact) mass is 439 g/mol. The number of hydrogen-bond donors (Lipinski definition) is 1. The number of hydrogen-bond acceptors (Lipinski definition) is 5. The number of nitrogens with zero attached hydrogens (tertiary/aromatic N) is 2. The molecule has 1 N–H and O–H groups in total. The lowest BCUT2D eigenvalue weighted by atomic mass is 9.86. The fourth-order valence-electron chi connectivity index (χ4n) is 4.32. The van der Waals surface area contributed by atoms with Gasteiger partial charge in [-0.25, -0.2) is 4.79 Å². The molecular formula is C24H29N3O3S. The normalized spacial score (nSPS) is 25.8. The van der Waals surface area contributed by atoms with Crippen LogP contribution in [0.3, 0.4) is 0 Å². The van der Waals surface area contributed by atoms with Gasteiger partial charge >= 0.3 is 6.09 Å². The Hall–Kier alpha value is -2.54. The van der Waals surface area contributed by atoms with Crippen molar-refractivity contribution in [2.24, 2.45) is 5.92 Å². The molecule has 6 nitrogen and oxygen atoms in total. The van der Waals surface area contributed by atoms with E-state index < -0.39 is 12.1 Å². The second-order valence-electron chi connectivity index (χ2n) is 8.31. The first-order valence-electron chi connectivity index (χ1n) is 10.9. The molecule has 1 aromatic carbocycles. The molecule has 4 atom stereocenters. The highest BCUT2D eigenvalue weighted by molar-refractivity contribution is 7.99. The van der Waals surface area contributed by atoms with E-state index in [9.17, 15) is 9.59 Å². The van der Waals surface area contributed by atoms with Gasteiger partial charge in [-0.2, -0.15) is 0 Å². The number of carbonyl (C=O) groups is 2. The highest BCUT2D eigenvalue weighted by Crippen LogP contribution is 2.42. The second-order valence-corrected chi connectivity index (χ2v) is 9.42. The summed E-state index contributed by atoms with van der Waals surface area (Å²) in [6.45, 7) is 2.37. The number of carbonyl (C=O) groups excluding carboxylic acids is 2. The summed E-state index contributed by atoms with van der Waals surface area (Å²) in [5.74, 6) is 0.918. The summed E-state index contributed by atoms with van der Waals surface area (Å²) in [7, 11) is 0. The summed E-state index contributed by atoms with van der Waals surface area (Å²) >= 11 is 1.59. The van der Waals surface area contributed by atoms with Gasteiger partial charge in [-0.05, 0) is 42.0 Å². The van der Waals surface area contributed by atoms with Crippen molar-refractivity contribution in [3.05, 3.63) is 66.0 Å². The summed E-state index contributed by atoms with van der Waals surface area (Å²) in [6, 6.07) is 13.0. The molecule has 2 heterocycles. The van der Waals surface area contributed by atoms with Gasteiger partial charge in [-0.15, -0.1) is 11.8 Å². The summed E-state index contributed by atoms with van der Waals surface area (Å²) < 4.78 is 5.63. The quantitative estimate of drug-likeness (QED) is 0.741. The van der Waals surface area contributed by atoms with Crippen LogP contribution in [0.1, 0.15) is 49.1 Å². The molecule has 1 aliphatic heterocycles. The predicted octanol–water partition coefficient (Wildman–Crippen LogP) is 4.53. The summed E-state index contributed by atoms with van der Waals surface area (Å²) in [5, 5.41) is 2.95. The number of amides is 2. The van der Waals surface area contributed by atoms with E-state index in [1.54, 1.807) is 29.1 Å². The van der Waals surface area contributed by atoms with Gasteiger partial charge in [0.2, 0.25) is 5.91 Å². The zero-order valence-corrected chi connectivity index (χ0v) is 18.6. The van der Waals surface area contributed by atoms with Crippen LogP contribution in [-0.2, 0) is 16.1 Å². The minimum atomic E-state index is -0.555. The zero-order chi connectivity index (χ0) is 21.6. The van der Waals surface area contributed by atoms with E-state index in [1.807, 2.05) is 42.5 Å². The molecule has 4 rings (SSSR count). The molecule has 7 heteroatoms. The first kappa shape index (κ1) is 21.7. The lowest BCUT2D eigenvalue weighted by Crippen LogP contribution is -2.52. The molecule has 31 heavy (non-hydrogen) atoms. The zero-order valence-electron chi connectivity index (χ0n) is 17.8. The van der Waals surface area contributed by atoms with E-state index in [-0.39, 0.29) is 23.9 Å². The number of rotatable bonds is 5. The van der Waals surface area contributed by atoms with Crippen molar-refractivity contribution >= 4 is 23.8 Å². The minimum absolute atomic E-state index is 0.0838. The minimum Gasteiger partial charge on any atom is -0.444 e. The molecular weight excluding hydrogens is 410 g/mol. The molecule has 3 unspecified atom stereocenters. The molecule has 0 radical (unpaired) electrons. The molecule has 2 aromatic rings. The van der Waals surface area contributed by atoms with Crippen molar-refractivity contribution in [2.75, 3.05) is 5.75 Å². The second kappa shape index (κ2) is 10.2. The van der Waals surface area contributed by atoms with E-state index in [4.69, 9.17) is 4.74 Å². The van der Waals surface area contributed by atoms with Gasteiger partial charge in [0, 0.05) is 24.2 Å². The van der Waals surface area contributed by atoms with Crippen molar-refractivity contribution in [1.29, 1.82) is 0 Å². The molecule has 1 saturated heterocycles. The number of pyridine rings is 1. The summed E-state index contributed by atoms with van der Waals surface area (Å²) in [5.41, 5.74) is 1.86. The topological polar surface area (TPSA) is 71.5 Å². The third kappa shape index (κ3) is 5.21. The van der Waals surface area contributed by atoms with Crippen LogP contribution in [0.2, 0.25) is 0 Å². The van der Waals surface area contributed by atoms with Crippen molar-refractivity contribution in [3.63, 3.8) is 0 Å². The highest BCUT2D eigenvalue weighted by Gasteiger charge is 2.44. The SMILES string of the molecule is CC1CCCC[C@@H]1NC(=O)C1CSC(c2ccncc2)N1C(=O)OCc1ccccc1. The van der Waals surface area contributed by atoms with Crippen LogP contribution in [0.25, 0.3) is 0 Å². The highest BCUT2D eigenvalue weighted by atomic mass is 32.2. The van der Waals surface area contributed by atoms with Gasteiger partial charge < -0.3 is 10.1 Å². The fourth-order valence-corrected chi connectivity index (χ4v) is 5.74. The largest absolute Gasteiger partial charge is 0.444 e. The van der Waals surface area contributed by atoms with Gasteiger partial charge in [0.05, 0.1) is 0 Å². The lowest BCUT2D eigenvalue weighted by molar-refractivity contribution is -0.126. The maximum atomic E-state index is 13.2. The Labute approximate surface area is 187 Å². The molecule has 1 saturated carbocycles. The van der Waals surface area contributed by atoms with Crippen LogP contribution < -0.4 is 5.32 Å². The summed E-state index contributed by atoms with van der Waals surface area (Å²) in [4.78, 5) is 32.1. The fraction of sp³-hybridized carbons (Fsp3) is 0.458. The smallest absolute Gasteiger partial charge is 0.412 e. The first-order chi connectivity index (χ1) is 15.1. The Balaban J connectivity index is 1.50. The van der Waals surface area contributed by atoms with E-state index in [0.717, 1.165) is 30.4 Å². The molecule has 0 spiro atoms. The van der Waals surface area contributed by atoms with E-state index in [1.165, 1.54) is 6.42 Å². The summed E-state index contributed by atoms with van der Waals surface area (Å²) in [6.07, 6.45) is 7.44. The van der Waals surface area contributed by atoms with Crippen LogP contribution in [0.15, 0.2) is 54.9 Å². The number of thioether (sulfide) groups is 1. The Morgan fingerprint density at radius 3 is 2.61 bits per heavy atom. The van der Waals surface area contributed by atoms with Crippen LogP contribution in [-0.4, -0.2) is 39.7 Å². The van der Waals surface area contributed by atoms with Gasteiger partial charge in [0.25, 0.3) is 0 Å². The molecule has 2 aliphatic rings. The Bertz CT molecular complexity index is 880. The molecule has 1 aliphatic carbocycles. The Morgan fingerprint density at radius 1 is 1.13 bits per heavy atom. The third-order valence-corrected chi connectivity index (χ3v) is 7.47. The number of benzene rings is 1. The van der Waals surface area contributed by atoms with Crippen molar-refractivity contribution in [3.8, 4) is 0 Å². The lowest BCUT2D eigenvalue weighted by Gasteiger charge is -2.33. The molecule has 1 aromatic heterocycles. The van der Waals surface area contributed by atoms with Gasteiger partial charge in [-0.3, -0.25) is 14.7 Å². The average molecular weight is 440 g/mol. The number of nitrogens with one attached hydrogen (secondary N) is 1.